The van der Waals surface area contributed by atoms with Gasteiger partial charge < -0.3 is 10.6 Å². The maximum Gasteiger partial charge on any atom is 0.264 e. The van der Waals surface area contributed by atoms with E-state index in [1.807, 2.05) is 0 Å². The molecule has 1 aromatic heterocycles. The Labute approximate surface area is 197 Å². The van der Waals surface area contributed by atoms with Crippen molar-refractivity contribution in [2.24, 2.45) is 0 Å². The fraction of sp³-hybridized carbons (Fsp3) is 0.200. The van der Waals surface area contributed by atoms with Crippen LogP contribution in [0.5, 0.6) is 0 Å². The molecule has 1 heterocycles. The van der Waals surface area contributed by atoms with Gasteiger partial charge in [0.15, 0.2) is 5.82 Å². The Morgan fingerprint density at radius 2 is 1.67 bits per heavy atom. The van der Waals surface area contributed by atoms with E-state index in [2.05, 4.69) is 20.6 Å². The van der Waals surface area contributed by atoms with Crippen molar-refractivity contribution in [1.29, 1.82) is 0 Å². The van der Waals surface area contributed by atoms with Gasteiger partial charge in [0.05, 0.1) is 24.7 Å². The van der Waals surface area contributed by atoms with Gasteiger partial charge in [-0.3, -0.25) is 4.18 Å². The number of nitrogens with one attached hydrogen (secondary N) is 2. The third-order valence-electron chi connectivity index (χ3n) is 4.29. The van der Waals surface area contributed by atoms with E-state index in [1.165, 1.54) is 26.4 Å². The largest absolute Gasteiger partial charge is 0.338 e. The molecule has 0 aliphatic heterocycles. The van der Waals surface area contributed by atoms with Crippen LogP contribution in [0.2, 0.25) is 5.02 Å². The minimum atomic E-state index is -3.70. The highest BCUT2D eigenvalue weighted by Gasteiger charge is 2.21. The molecule has 0 aliphatic rings. The number of anilines is 4. The molecule has 0 fully saturated rings. The summed E-state index contributed by atoms with van der Waals surface area (Å²) in [6.45, 7) is -0.0696. The molecule has 3 rings (SSSR count). The third kappa shape index (κ3) is 6.62. The zero-order valence-electron chi connectivity index (χ0n) is 18.0. The summed E-state index contributed by atoms with van der Waals surface area (Å²) in [6, 6.07) is 13.2. The number of nitrogens with zero attached hydrogens (tertiary/aromatic N) is 3. The van der Waals surface area contributed by atoms with Crippen molar-refractivity contribution >= 4 is 54.9 Å². The Hall–Kier alpha value is -2.77. The maximum absolute atomic E-state index is 12.6. The zero-order chi connectivity index (χ0) is 24.2. The molecule has 13 heteroatoms. The van der Waals surface area contributed by atoms with Crippen molar-refractivity contribution in [1.82, 2.24) is 14.3 Å². The first-order valence-electron chi connectivity index (χ1n) is 9.47. The molecule has 176 valence electrons. The fourth-order valence-corrected chi connectivity index (χ4v) is 4.15. The minimum absolute atomic E-state index is 0.0696. The second kappa shape index (κ2) is 10.0. The first-order chi connectivity index (χ1) is 15.5. The van der Waals surface area contributed by atoms with Crippen LogP contribution in [0, 0.1) is 0 Å². The molecule has 0 spiro atoms. The summed E-state index contributed by atoms with van der Waals surface area (Å²) < 4.78 is 53.4. The van der Waals surface area contributed by atoms with Gasteiger partial charge in [-0.2, -0.15) is 13.4 Å². The molecule has 2 N–H and O–H groups in total. The van der Waals surface area contributed by atoms with Gasteiger partial charge in [0.1, 0.15) is 9.92 Å². The summed E-state index contributed by atoms with van der Waals surface area (Å²) in [7, 11) is -4.33. The van der Waals surface area contributed by atoms with Crippen molar-refractivity contribution in [3.8, 4) is 0 Å². The molecular weight excluding hydrogens is 490 g/mol. The lowest BCUT2D eigenvalue weighted by Crippen LogP contribution is -2.23. The molecule has 0 bridgehead atoms. The van der Waals surface area contributed by atoms with Crippen LogP contribution in [0.3, 0.4) is 0 Å². The lowest BCUT2D eigenvalue weighted by molar-refractivity contribution is 0.312. The maximum atomic E-state index is 12.6. The fourth-order valence-electron chi connectivity index (χ4n) is 2.62. The molecule has 10 nitrogen and oxygen atoms in total. The molecule has 0 saturated carbocycles. The summed E-state index contributed by atoms with van der Waals surface area (Å²) in [5.74, 6) is 0.434. The van der Waals surface area contributed by atoms with E-state index in [9.17, 15) is 16.8 Å². The minimum Gasteiger partial charge on any atom is -0.338 e. The zero-order valence-corrected chi connectivity index (χ0v) is 20.4. The van der Waals surface area contributed by atoms with Crippen molar-refractivity contribution in [2.45, 2.75) is 11.5 Å². The molecule has 33 heavy (non-hydrogen) atoms. The number of aromatic nitrogens is 2. The Bertz CT molecular complexity index is 1350. The highest BCUT2D eigenvalue weighted by Crippen LogP contribution is 2.29. The molecule has 2 aromatic carbocycles. The topological polar surface area (TPSA) is 131 Å². The van der Waals surface area contributed by atoms with E-state index in [0.29, 0.717) is 16.9 Å². The highest BCUT2D eigenvalue weighted by atomic mass is 35.5. The van der Waals surface area contributed by atoms with Crippen molar-refractivity contribution < 1.29 is 21.0 Å². The Kier molecular flexibility index (Phi) is 7.55. The number of para-hydroxylation sites is 1. The van der Waals surface area contributed by atoms with Crippen LogP contribution in [0.1, 0.15) is 5.56 Å². The van der Waals surface area contributed by atoms with Crippen LogP contribution < -0.4 is 10.6 Å². The molecule has 0 unspecified atom stereocenters. The quantitative estimate of drug-likeness (QED) is 0.415. The summed E-state index contributed by atoms with van der Waals surface area (Å²) >= 11 is 6.23. The smallest absolute Gasteiger partial charge is 0.264 e. The normalized spacial score (nSPS) is 12.0. The highest BCUT2D eigenvalue weighted by molar-refractivity contribution is 7.89. The van der Waals surface area contributed by atoms with Gasteiger partial charge in [-0.25, -0.2) is 17.7 Å². The van der Waals surface area contributed by atoms with Crippen LogP contribution in [0.15, 0.2) is 59.6 Å². The molecule has 0 aliphatic carbocycles. The standard InChI is InChI=1S/C20H22ClN5O5S2/c1-26(2)33(29,30)18-7-5-4-6-17(18)24-19-16(21)12-22-20(25-19)23-15-10-8-14(9-11-15)13-31-32(3,27)28/h4-12H,13H2,1-3H3,(H2,22,23,24,25). The molecule has 0 radical (unpaired) electrons. The number of halogens is 1. The van der Waals surface area contributed by atoms with Crippen LogP contribution in [0.25, 0.3) is 0 Å². The van der Waals surface area contributed by atoms with Gasteiger partial charge in [-0.1, -0.05) is 35.9 Å². The van der Waals surface area contributed by atoms with E-state index in [4.69, 9.17) is 15.8 Å². The SMILES string of the molecule is CN(C)S(=O)(=O)c1ccccc1Nc1nc(Nc2ccc(COS(C)(=O)=O)cc2)ncc1Cl. The van der Waals surface area contributed by atoms with Gasteiger partial charge >= 0.3 is 0 Å². The first-order valence-corrected chi connectivity index (χ1v) is 13.1. The van der Waals surface area contributed by atoms with Crippen LogP contribution in [-0.4, -0.2) is 51.5 Å². The van der Waals surface area contributed by atoms with Crippen LogP contribution in [0.4, 0.5) is 23.1 Å². The average molecular weight is 512 g/mol. The number of benzene rings is 2. The van der Waals surface area contributed by atoms with Gasteiger partial charge in [-0.05, 0) is 29.8 Å². The summed E-state index contributed by atoms with van der Waals surface area (Å²) in [5.41, 5.74) is 1.62. The Morgan fingerprint density at radius 1 is 1.00 bits per heavy atom. The summed E-state index contributed by atoms with van der Waals surface area (Å²) in [4.78, 5) is 8.56. The third-order valence-corrected chi connectivity index (χ3v) is 6.99. The molecule has 3 aromatic rings. The van der Waals surface area contributed by atoms with Gasteiger partial charge in [-0.15, -0.1) is 0 Å². The monoisotopic (exact) mass is 511 g/mol. The molecule has 0 atom stereocenters. The summed E-state index contributed by atoms with van der Waals surface area (Å²) in [5, 5.41) is 6.18. The predicted octanol–water partition coefficient (Wildman–Crippen LogP) is 3.34. The van der Waals surface area contributed by atoms with E-state index in [1.54, 1.807) is 42.5 Å². The van der Waals surface area contributed by atoms with Crippen LogP contribution >= 0.6 is 11.6 Å². The van der Waals surface area contributed by atoms with Crippen molar-refractivity contribution in [3.05, 3.63) is 65.3 Å². The predicted molar refractivity (Wildman–Crippen MR) is 127 cm³/mol. The number of sulfonamides is 1. The lowest BCUT2D eigenvalue weighted by atomic mass is 10.2. The molecule has 0 amide bonds. The number of hydrogen-bond acceptors (Lipinski definition) is 9. The van der Waals surface area contributed by atoms with Gasteiger partial charge in [0, 0.05) is 19.8 Å². The van der Waals surface area contributed by atoms with E-state index < -0.39 is 20.1 Å². The van der Waals surface area contributed by atoms with E-state index >= 15 is 0 Å². The molecule has 0 saturated heterocycles. The lowest BCUT2D eigenvalue weighted by Gasteiger charge is -2.16. The van der Waals surface area contributed by atoms with Crippen molar-refractivity contribution in [2.75, 3.05) is 31.0 Å². The number of hydrogen-bond donors (Lipinski definition) is 2. The summed E-state index contributed by atoms with van der Waals surface area (Å²) in [6.07, 6.45) is 2.37. The second-order valence-electron chi connectivity index (χ2n) is 7.09. The van der Waals surface area contributed by atoms with E-state index in [-0.39, 0.29) is 28.3 Å². The Morgan fingerprint density at radius 3 is 2.30 bits per heavy atom. The second-order valence-corrected chi connectivity index (χ2v) is 11.3. The Balaban J connectivity index is 1.80. The molecular formula is C20H22ClN5O5S2. The number of rotatable bonds is 9. The van der Waals surface area contributed by atoms with Gasteiger partial charge in [0.2, 0.25) is 16.0 Å². The first kappa shape index (κ1) is 24.9. The average Bonchev–Trinajstić information content (AvgIpc) is 2.75. The van der Waals surface area contributed by atoms with Gasteiger partial charge in [0.25, 0.3) is 10.1 Å². The van der Waals surface area contributed by atoms with Crippen LogP contribution in [-0.2, 0) is 30.9 Å². The van der Waals surface area contributed by atoms with E-state index in [0.717, 1.165) is 10.6 Å². The van der Waals surface area contributed by atoms with Crippen molar-refractivity contribution in [3.63, 3.8) is 0 Å².